The molecule has 0 aromatic rings. The van der Waals surface area contributed by atoms with Gasteiger partial charge in [0.15, 0.2) is 0 Å². The van der Waals surface area contributed by atoms with Crippen molar-refractivity contribution in [2.24, 2.45) is 11.8 Å². The highest BCUT2D eigenvalue weighted by atomic mass is 14.2. The number of allylic oxidation sites excluding steroid dienone is 6. The normalized spacial score (nSPS) is 25.6. The highest BCUT2D eigenvalue weighted by Crippen LogP contribution is 2.25. The van der Waals surface area contributed by atoms with Gasteiger partial charge in [-0.3, -0.25) is 0 Å². The molecule has 0 heterocycles. The van der Waals surface area contributed by atoms with Crippen LogP contribution in [0.1, 0.15) is 33.1 Å². The van der Waals surface area contributed by atoms with Gasteiger partial charge in [0.05, 0.1) is 0 Å². The van der Waals surface area contributed by atoms with Crippen LogP contribution in [-0.4, -0.2) is 0 Å². The lowest BCUT2D eigenvalue weighted by Gasteiger charge is -2.10. The summed E-state index contributed by atoms with van der Waals surface area (Å²) in [4.78, 5) is 0. The van der Waals surface area contributed by atoms with Crippen molar-refractivity contribution in [3.63, 3.8) is 0 Å². The number of rotatable bonds is 4. The summed E-state index contributed by atoms with van der Waals surface area (Å²) in [5.41, 5.74) is 2.67. The average Bonchev–Trinajstić information content (AvgIpc) is 2.38. The van der Waals surface area contributed by atoms with E-state index in [1.54, 1.807) is 0 Å². The predicted molar refractivity (Wildman–Crippen MR) is 68.7 cm³/mol. The van der Waals surface area contributed by atoms with E-state index < -0.39 is 0 Å². The lowest BCUT2D eigenvalue weighted by Crippen LogP contribution is -1.96. The van der Waals surface area contributed by atoms with Crippen LogP contribution in [0.15, 0.2) is 48.6 Å². The Bertz CT molecular complexity index is 291. The molecule has 0 fully saturated rings. The smallest absolute Gasteiger partial charge is 0.00477 e. The fourth-order valence-corrected chi connectivity index (χ4v) is 1.83. The molecule has 2 atom stereocenters. The van der Waals surface area contributed by atoms with E-state index in [0.717, 1.165) is 18.4 Å². The van der Waals surface area contributed by atoms with Gasteiger partial charge in [-0.2, -0.15) is 0 Å². The van der Waals surface area contributed by atoms with Crippen LogP contribution in [-0.2, 0) is 0 Å². The standard InChI is InChI=1S/C15H22/c1-5-12(2)9-10-15-8-6-7-13(3)14(4)11-15/h5-6,8,11,13,15H,1-2,7,9-10H2,3-4H3. The lowest BCUT2D eigenvalue weighted by atomic mass is 9.96. The highest BCUT2D eigenvalue weighted by molar-refractivity contribution is 5.16. The lowest BCUT2D eigenvalue weighted by molar-refractivity contribution is 0.682. The van der Waals surface area contributed by atoms with Crippen LogP contribution in [0.4, 0.5) is 0 Å². The topological polar surface area (TPSA) is 0 Å². The second-order valence-corrected chi connectivity index (χ2v) is 4.54. The van der Waals surface area contributed by atoms with E-state index in [-0.39, 0.29) is 0 Å². The number of hydrogen-bond acceptors (Lipinski definition) is 0. The minimum absolute atomic E-state index is 0.589. The summed E-state index contributed by atoms with van der Waals surface area (Å²) in [7, 11) is 0. The maximum Gasteiger partial charge on any atom is -0.00477 e. The molecular weight excluding hydrogens is 180 g/mol. The second kappa shape index (κ2) is 5.75. The van der Waals surface area contributed by atoms with Crippen molar-refractivity contribution >= 4 is 0 Å². The van der Waals surface area contributed by atoms with Crippen molar-refractivity contribution in [2.45, 2.75) is 33.1 Å². The van der Waals surface area contributed by atoms with Gasteiger partial charge in [-0.15, -0.1) is 0 Å². The molecule has 0 spiro atoms. The Morgan fingerprint density at radius 3 is 3.00 bits per heavy atom. The Labute approximate surface area is 94.1 Å². The Hall–Kier alpha value is -1.04. The zero-order valence-corrected chi connectivity index (χ0v) is 10.00. The Kier molecular flexibility index (Phi) is 4.61. The molecule has 0 aromatic heterocycles. The largest absolute Gasteiger partial charge is 0.0988 e. The minimum atomic E-state index is 0.589. The summed E-state index contributed by atoms with van der Waals surface area (Å²) in [5.74, 6) is 1.29. The molecule has 0 bridgehead atoms. The summed E-state index contributed by atoms with van der Waals surface area (Å²) in [6.07, 6.45) is 12.3. The zero-order valence-electron chi connectivity index (χ0n) is 10.00. The van der Waals surface area contributed by atoms with Crippen LogP contribution in [0.25, 0.3) is 0 Å². The summed E-state index contributed by atoms with van der Waals surface area (Å²) < 4.78 is 0. The van der Waals surface area contributed by atoms with Gasteiger partial charge in [-0.25, -0.2) is 0 Å². The van der Waals surface area contributed by atoms with Gasteiger partial charge >= 0.3 is 0 Å². The van der Waals surface area contributed by atoms with Gasteiger partial charge in [0, 0.05) is 0 Å². The monoisotopic (exact) mass is 202 g/mol. The molecular formula is C15H22. The molecule has 1 aliphatic carbocycles. The van der Waals surface area contributed by atoms with E-state index in [1.807, 2.05) is 6.08 Å². The molecule has 82 valence electrons. The van der Waals surface area contributed by atoms with Crippen LogP contribution >= 0.6 is 0 Å². The molecule has 15 heavy (non-hydrogen) atoms. The highest BCUT2D eigenvalue weighted by Gasteiger charge is 2.10. The molecule has 0 aromatic carbocycles. The van der Waals surface area contributed by atoms with Crippen LogP contribution < -0.4 is 0 Å². The van der Waals surface area contributed by atoms with E-state index in [2.05, 4.69) is 45.2 Å². The summed E-state index contributed by atoms with van der Waals surface area (Å²) in [6, 6.07) is 0. The first-order valence-corrected chi connectivity index (χ1v) is 5.78. The maximum atomic E-state index is 3.95. The molecule has 0 nitrogen and oxygen atoms in total. The molecule has 0 N–H and O–H groups in total. The van der Waals surface area contributed by atoms with E-state index in [9.17, 15) is 0 Å². The van der Waals surface area contributed by atoms with Crippen molar-refractivity contribution < 1.29 is 0 Å². The third-order valence-corrected chi connectivity index (χ3v) is 3.21. The summed E-state index contributed by atoms with van der Waals surface area (Å²) in [5, 5.41) is 0. The summed E-state index contributed by atoms with van der Waals surface area (Å²) >= 11 is 0. The van der Waals surface area contributed by atoms with Gasteiger partial charge < -0.3 is 0 Å². The fourth-order valence-electron chi connectivity index (χ4n) is 1.83. The third kappa shape index (κ3) is 3.91. The summed E-state index contributed by atoms with van der Waals surface area (Å²) in [6.45, 7) is 12.2. The molecule has 0 heteroatoms. The van der Waals surface area contributed by atoms with Gasteiger partial charge in [0.2, 0.25) is 0 Å². The van der Waals surface area contributed by atoms with Crippen molar-refractivity contribution in [3.05, 3.63) is 48.6 Å². The van der Waals surface area contributed by atoms with Crippen molar-refractivity contribution in [1.29, 1.82) is 0 Å². The van der Waals surface area contributed by atoms with Crippen molar-refractivity contribution in [2.75, 3.05) is 0 Å². The van der Waals surface area contributed by atoms with Gasteiger partial charge in [-0.05, 0) is 38.0 Å². The van der Waals surface area contributed by atoms with E-state index in [4.69, 9.17) is 0 Å². The third-order valence-electron chi connectivity index (χ3n) is 3.21. The molecule has 0 amide bonds. The van der Waals surface area contributed by atoms with E-state index >= 15 is 0 Å². The van der Waals surface area contributed by atoms with Crippen LogP contribution in [0.5, 0.6) is 0 Å². The van der Waals surface area contributed by atoms with Crippen molar-refractivity contribution in [3.8, 4) is 0 Å². The molecule has 0 aliphatic heterocycles. The van der Waals surface area contributed by atoms with E-state index in [0.29, 0.717) is 11.8 Å². The van der Waals surface area contributed by atoms with Gasteiger partial charge in [0.25, 0.3) is 0 Å². The Morgan fingerprint density at radius 2 is 2.33 bits per heavy atom. The Balaban J connectivity index is 2.54. The van der Waals surface area contributed by atoms with E-state index in [1.165, 1.54) is 12.0 Å². The fraction of sp³-hybridized carbons (Fsp3) is 0.467. The quantitative estimate of drug-likeness (QED) is 0.459. The molecule has 0 saturated heterocycles. The zero-order chi connectivity index (χ0) is 11.3. The van der Waals surface area contributed by atoms with Crippen molar-refractivity contribution in [1.82, 2.24) is 0 Å². The molecule has 1 aliphatic rings. The van der Waals surface area contributed by atoms with Crippen LogP contribution in [0, 0.1) is 11.8 Å². The predicted octanol–water partition coefficient (Wildman–Crippen LogP) is 4.67. The van der Waals surface area contributed by atoms with Crippen LogP contribution in [0.3, 0.4) is 0 Å². The molecule has 0 radical (unpaired) electrons. The first-order valence-electron chi connectivity index (χ1n) is 5.78. The first kappa shape index (κ1) is 12.0. The Morgan fingerprint density at radius 1 is 1.60 bits per heavy atom. The molecule has 0 saturated carbocycles. The average molecular weight is 202 g/mol. The molecule has 1 rings (SSSR count). The first-order chi connectivity index (χ1) is 7.13. The number of hydrogen-bond donors (Lipinski definition) is 0. The van der Waals surface area contributed by atoms with Gasteiger partial charge in [-0.1, -0.05) is 55.5 Å². The maximum absolute atomic E-state index is 3.95. The van der Waals surface area contributed by atoms with Gasteiger partial charge in [0.1, 0.15) is 0 Å². The minimum Gasteiger partial charge on any atom is -0.0988 e. The SMILES string of the molecule is C=CC(=C)CCC1C=CCC(C)C(C)=C1. The molecule has 2 unspecified atom stereocenters. The van der Waals surface area contributed by atoms with Crippen LogP contribution in [0.2, 0.25) is 0 Å². The second-order valence-electron chi connectivity index (χ2n) is 4.54.